The molecule has 0 fully saturated rings. The molecule has 0 amide bonds. The minimum Gasteiger partial charge on any atom is -0.497 e. The summed E-state index contributed by atoms with van der Waals surface area (Å²) < 4.78 is 12.6. The molecule has 1 aromatic heterocycles. The first-order valence-corrected chi connectivity index (χ1v) is 13.8. The molecule has 4 aromatic rings. The van der Waals surface area contributed by atoms with Gasteiger partial charge in [0.25, 0.3) is 0 Å². The maximum Gasteiger partial charge on any atom is 0.196 e. The lowest BCUT2D eigenvalue weighted by molar-refractivity contribution is 0.155. The van der Waals surface area contributed by atoms with Gasteiger partial charge in [-0.25, -0.2) is 4.98 Å². The SMILES string of the molecule is CCN(CCCl)c1ccc(C2(c3ccc(OC)cc3)Oc3ccccc3-c3nc(N(C)C)sc32)c(C)c1. The Morgan fingerprint density at radius 3 is 2.46 bits per heavy atom. The van der Waals surface area contributed by atoms with E-state index in [1.54, 1.807) is 18.4 Å². The molecule has 0 saturated heterocycles. The summed E-state index contributed by atoms with van der Waals surface area (Å²) in [5, 5.41) is 0.941. The van der Waals surface area contributed by atoms with Crippen molar-refractivity contribution in [2.45, 2.75) is 19.4 Å². The minimum absolute atomic E-state index is 0.585. The van der Waals surface area contributed by atoms with Gasteiger partial charge in [-0.1, -0.05) is 41.7 Å². The van der Waals surface area contributed by atoms with Gasteiger partial charge in [0.2, 0.25) is 0 Å². The normalized spacial score (nSPS) is 15.9. The number of thiazole rings is 1. The highest BCUT2D eigenvalue weighted by molar-refractivity contribution is 7.16. The van der Waals surface area contributed by atoms with Crippen LogP contribution in [-0.4, -0.2) is 45.2 Å². The molecule has 0 aliphatic carbocycles. The van der Waals surface area contributed by atoms with E-state index in [1.165, 1.54) is 0 Å². The van der Waals surface area contributed by atoms with Gasteiger partial charge in [0.1, 0.15) is 11.5 Å². The van der Waals surface area contributed by atoms with E-state index in [2.05, 4.69) is 60.0 Å². The number of hydrogen-bond donors (Lipinski definition) is 0. The van der Waals surface area contributed by atoms with Crippen molar-refractivity contribution in [3.8, 4) is 22.8 Å². The molecule has 5 nitrogen and oxygen atoms in total. The van der Waals surface area contributed by atoms with Crippen LogP contribution >= 0.6 is 22.9 Å². The lowest BCUT2D eigenvalue weighted by atomic mass is 9.79. The van der Waals surface area contributed by atoms with E-state index in [1.807, 2.05) is 44.4 Å². The number of rotatable bonds is 8. The number of alkyl halides is 1. The Morgan fingerprint density at radius 1 is 1.05 bits per heavy atom. The third kappa shape index (κ3) is 4.32. The highest BCUT2D eigenvalue weighted by atomic mass is 35.5. The van der Waals surface area contributed by atoms with Crippen LogP contribution in [0, 0.1) is 6.92 Å². The van der Waals surface area contributed by atoms with E-state index >= 15 is 0 Å². The monoisotopic (exact) mass is 533 g/mol. The molecule has 2 heterocycles. The topological polar surface area (TPSA) is 37.8 Å². The second-order valence-electron chi connectivity index (χ2n) is 9.34. The van der Waals surface area contributed by atoms with Crippen molar-refractivity contribution < 1.29 is 9.47 Å². The van der Waals surface area contributed by atoms with Crippen molar-refractivity contribution in [2.24, 2.45) is 0 Å². The fraction of sp³-hybridized carbons (Fsp3) is 0.300. The fourth-order valence-corrected chi connectivity index (χ4v) is 6.42. The third-order valence-electron chi connectivity index (χ3n) is 6.91. The molecule has 0 radical (unpaired) electrons. The summed E-state index contributed by atoms with van der Waals surface area (Å²) in [5.41, 5.74) is 5.53. The summed E-state index contributed by atoms with van der Waals surface area (Å²) in [4.78, 5) is 10.5. The van der Waals surface area contributed by atoms with Crippen LogP contribution in [0.5, 0.6) is 11.5 Å². The van der Waals surface area contributed by atoms with Gasteiger partial charge in [-0.05, 0) is 55.8 Å². The van der Waals surface area contributed by atoms with E-state index in [-0.39, 0.29) is 0 Å². The molecule has 37 heavy (non-hydrogen) atoms. The van der Waals surface area contributed by atoms with Crippen LogP contribution in [0.3, 0.4) is 0 Å². The van der Waals surface area contributed by atoms with Gasteiger partial charge in [-0.3, -0.25) is 0 Å². The second-order valence-corrected chi connectivity index (χ2v) is 10.7. The van der Waals surface area contributed by atoms with Gasteiger partial charge in [0.05, 0.1) is 17.7 Å². The number of hydrogen-bond acceptors (Lipinski definition) is 6. The molecular weight excluding hydrogens is 502 g/mol. The summed E-state index contributed by atoms with van der Waals surface area (Å²) in [6.07, 6.45) is 0. The van der Waals surface area contributed by atoms with E-state index < -0.39 is 5.60 Å². The predicted molar refractivity (Wildman–Crippen MR) is 155 cm³/mol. The van der Waals surface area contributed by atoms with Crippen LogP contribution in [-0.2, 0) is 5.60 Å². The molecule has 1 aliphatic rings. The average molecular weight is 534 g/mol. The third-order valence-corrected chi connectivity index (χ3v) is 8.40. The molecule has 0 N–H and O–H groups in total. The molecule has 7 heteroatoms. The summed E-state index contributed by atoms with van der Waals surface area (Å²) in [6, 6.07) is 23.0. The number of benzene rings is 3. The van der Waals surface area contributed by atoms with Crippen molar-refractivity contribution in [3.63, 3.8) is 0 Å². The first kappa shape index (κ1) is 25.4. The first-order valence-electron chi connectivity index (χ1n) is 12.5. The number of fused-ring (bicyclic) bond motifs is 3. The van der Waals surface area contributed by atoms with Crippen molar-refractivity contribution in [2.75, 3.05) is 50.0 Å². The van der Waals surface area contributed by atoms with Crippen LogP contribution in [0.15, 0.2) is 66.7 Å². The zero-order chi connectivity index (χ0) is 26.2. The van der Waals surface area contributed by atoms with Gasteiger partial charge in [0.15, 0.2) is 10.7 Å². The van der Waals surface area contributed by atoms with Gasteiger partial charge in [0, 0.05) is 55.4 Å². The quantitative estimate of drug-likeness (QED) is 0.229. The Balaban J connectivity index is 1.80. The number of nitrogens with zero attached hydrogens (tertiary/aromatic N) is 3. The number of para-hydroxylation sites is 1. The van der Waals surface area contributed by atoms with E-state index in [0.717, 1.165) is 68.2 Å². The first-order chi connectivity index (χ1) is 17.9. The minimum atomic E-state index is -0.867. The molecule has 192 valence electrons. The van der Waals surface area contributed by atoms with Gasteiger partial charge in [-0.2, -0.15) is 0 Å². The molecule has 1 unspecified atom stereocenters. The number of ether oxygens (including phenoxy) is 2. The zero-order valence-electron chi connectivity index (χ0n) is 21.9. The molecule has 1 atom stereocenters. The van der Waals surface area contributed by atoms with Crippen molar-refractivity contribution in [1.29, 1.82) is 0 Å². The highest BCUT2D eigenvalue weighted by Crippen LogP contribution is 2.55. The van der Waals surface area contributed by atoms with Crippen LogP contribution in [0.1, 0.15) is 28.5 Å². The molecular formula is C30H32ClN3O2S. The summed E-state index contributed by atoms with van der Waals surface area (Å²) in [5.74, 6) is 2.21. The van der Waals surface area contributed by atoms with Gasteiger partial charge in [-0.15, -0.1) is 11.6 Å². The smallest absolute Gasteiger partial charge is 0.196 e. The molecule has 0 bridgehead atoms. The maximum atomic E-state index is 7.12. The lowest BCUT2D eigenvalue weighted by Gasteiger charge is -2.40. The Kier molecular flexibility index (Phi) is 7.06. The van der Waals surface area contributed by atoms with Crippen molar-refractivity contribution in [3.05, 3.63) is 88.3 Å². The molecule has 3 aromatic carbocycles. The molecule has 0 spiro atoms. The average Bonchev–Trinajstić information content (AvgIpc) is 3.38. The van der Waals surface area contributed by atoms with E-state index in [9.17, 15) is 0 Å². The van der Waals surface area contributed by atoms with E-state index in [4.69, 9.17) is 26.1 Å². The zero-order valence-corrected chi connectivity index (χ0v) is 23.5. The number of methoxy groups -OCH3 is 1. The van der Waals surface area contributed by atoms with E-state index in [0.29, 0.717) is 5.88 Å². The predicted octanol–water partition coefficient (Wildman–Crippen LogP) is 6.94. The maximum absolute atomic E-state index is 7.12. The fourth-order valence-electron chi connectivity index (χ4n) is 5.04. The number of anilines is 2. The van der Waals surface area contributed by atoms with Crippen LogP contribution in [0.2, 0.25) is 0 Å². The van der Waals surface area contributed by atoms with Crippen LogP contribution in [0.4, 0.5) is 10.8 Å². The largest absolute Gasteiger partial charge is 0.497 e. The Hall–Kier alpha value is -3.22. The number of halogens is 1. The summed E-state index contributed by atoms with van der Waals surface area (Å²) in [7, 11) is 5.75. The van der Waals surface area contributed by atoms with Crippen molar-refractivity contribution >= 4 is 33.8 Å². The highest BCUT2D eigenvalue weighted by Gasteiger charge is 2.48. The Morgan fingerprint density at radius 2 is 1.81 bits per heavy atom. The molecule has 5 rings (SSSR count). The van der Waals surface area contributed by atoms with Crippen LogP contribution < -0.4 is 19.3 Å². The molecule has 0 saturated carbocycles. The molecule has 1 aliphatic heterocycles. The Labute approximate surface area is 228 Å². The van der Waals surface area contributed by atoms with Crippen molar-refractivity contribution in [1.82, 2.24) is 4.98 Å². The number of aromatic nitrogens is 1. The number of aryl methyl sites for hydroxylation is 1. The standard InChI is InChI=1S/C30H32ClN3O2S/c1-6-34(18-17-31)22-13-16-25(20(2)19-22)30(21-11-14-23(35-5)15-12-21)28-27(32-29(37-28)33(3)4)24-9-7-8-10-26(24)36-30/h7-16,19H,6,17-18H2,1-5H3. The van der Waals surface area contributed by atoms with Gasteiger partial charge >= 0.3 is 0 Å². The van der Waals surface area contributed by atoms with Crippen LogP contribution in [0.25, 0.3) is 11.3 Å². The lowest BCUT2D eigenvalue weighted by Crippen LogP contribution is -2.38. The summed E-state index contributed by atoms with van der Waals surface area (Å²) >= 11 is 7.77. The van der Waals surface area contributed by atoms with Gasteiger partial charge < -0.3 is 19.3 Å². The second kappa shape index (κ2) is 10.3. The summed E-state index contributed by atoms with van der Waals surface area (Å²) in [6.45, 7) is 6.01. The Bertz CT molecular complexity index is 1400.